The monoisotopic (exact) mass is 663 g/mol. The van der Waals surface area contributed by atoms with Crippen LogP contribution in [-0.2, 0) is 0 Å². The Kier molecular flexibility index (Phi) is 6.98. The molecule has 10 rings (SSSR count). The van der Waals surface area contributed by atoms with Crippen molar-refractivity contribution in [3.63, 3.8) is 0 Å². The summed E-state index contributed by atoms with van der Waals surface area (Å²) in [4.78, 5) is 10.5. The molecule has 240 valence electrons. The second-order valence-electron chi connectivity index (χ2n) is 13.1. The highest BCUT2D eigenvalue weighted by Gasteiger charge is 2.24. The van der Waals surface area contributed by atoms with E-state index >= 15 is 0 Å². The van der Waals surface area contributed by atoms with E-state index in [2.05, 4.69) is 139 Å². The first-order chi connectivity index (χ1) is 24.8. The van der Waals surface area contributed by atoms with Gasteiger partial charge in [0.2, 0.25) is 0 Å². The van der Waals surface area contributed by atoms with E-state index < -0.39 is 0 Å². The van der Waals surface area contributed by atoms with Crippen LogP contribution >= 0.6 is 11.3 Å². The van der Waals surface area contributed by atoms with Gasteiger partial charge < -0.3 is 9.73 Å². The lowest BCUT2D eigenvalue weighted by Crippen LogP contribution is -2.36. The van der Waals surface area contributed by atoms with Gasteiger partial charge in [-0.1, -0.05) is 134 Å². The Balaban J connectivity index is 1.06. The Bertz CT molecular complexity index is 2730. The molecule has 3 aliphatic rings. The van der Waals surface area contributed by atoms with Gasteiger partial charge in [0.15, 0.2) is 6.17 Å². The molecule has 0 saturated carbocycles. The van der Waals surface area contributed by atoms with Crippen molar-refractivity contribution in [3.05, 3.63) is 154 Å². The molecule has 0 bridgehead atoms. The van der Waals surface area contributed by atoms with Crippen molar-refractivity contribution in [2.45, 2.75) is 31.8 Å². The van der Waals surface area contributed by atoms with Crippen LogP contribution in [-0.4, -0.2) is 11.7 Å². The number of hydrogen-bond acceptors (Lipinski definition) is 5. The molecular formula is C45H33N3OS. The summed E-state index contributed by atoms with van der Waals surface area (Å²) in [6.07, 6.45) is 15.1. The van der Waals surface area contributed by atoms with E-state index in [9.17, 15) is 0 Å². The van der Waals surface area contributed by atoms with Gasteiger partial charge in [0.05, 0.1) is 0 Å². The summed E-state index contributed by atoms with van der Waals surface area (Å²) >= 11 is 1.87. The minimum atomic E-state index is -0.361. The Labute approximate surface area is 293 Å². The molecule has 0 radical (unpaired) electrons. The zero-order valence-corrected chi connectivity index (χ0v) is 28.2. The maximum absolute atomic E-state index is 6.71. The van der Waals surface area contributed by atoms with Gasteiger partial charge in [-0.2, -0.15) is 0 Å². The minimum absolute atomic E-state index is 0.361. The van der Waals surface area contributed by atoms with Crippen LogP contribution in [0, 0.1) is 0 Å². The molecule has 50 heavy (non-hydrogen) atoms. The van der Waals surface area contributed by atoms with E-state index in [1.165, 1.54) is 25.4 Å². The van der Waals surface area contributed by atoms with Crippen LogP contribution < -0.4 is 15.1 Å². The van der Waals surface area contributed by atoms with Gasteiger partial charge in [0, 0.05) is 42.1 Å². The third kappa shape index (κ3) is 4.88. The lowest BCUT2D eigenvalue weighted by molar-refractivity contribution is 0.671. The number of aliphatic imine (C=N–C) groups is 2. The van der Waals surface area contributed by atoms with Gasteiger partial charge in [-0.15, -0.1) is 11.3 Å². The average Bonchev–Trinajstić information content (AvgIpc) is 3.77. The van der Waals surface area contributed by atoms with Crippen LogP contribution in [0.25, 0.3) is 66.4 Å². The number of thiophene rings is 1. The van der Waals surface area contributed by atoms with Crippen molar-refractivity contribution in [2.75, 3.05) is 0 Å². The number of nitrogens with one attached hydrogen (secondary N) is 1. The number of fused-ring (bicyclic) bond motifs is 6. The molecule has 1 atom stereocenters. The van der Waals surface area contributed by atoms with Gasteiger partial charge >= 0.3 is 0 Å². The van der Waals surface area contributed by atoms with Gasteiger partial charge in [-0.25, -0.2) is 9.98 Å². The molecule has 5 heteroatoms. The summed E-state index contributed by atoms with van der Waals surface area (Å²) in [5, 5.41) is 8.59. The third-order valence-corrected chi connectivity index (χ3v) is 11.3. The van der Waals surface area contributed by atoms with Crippen molar-refractivity contribution in [1.82, 2.24) is 5.32 Å². The molecule has 2 aromatic heterocycles. The van der Waals surface area contributed by atoms with E-state index in [0.29, 0.717) is 0 Å². The standard InChI is InChI=1S/C45H33N3OS/c1-3-12-28(13-4-1)32-17-9-19-35-36-20-10-18-33(41(36)49-40(32)35)29-24-26-31(27-25-29)44-46-43(30-14-5-2-6-15-30)47-45(48-44)38-22-11-21-37-34-16-7-8-23-39(34)50-42(37)38/h1-5,9-14,16-27,44H,6-8,15H2,(H,46,47,48). The Hall–Kier alpha value is -5.78. The summed E-state index contributed by atoms with van der Waals surface area (Å²) in [5.41, 5.74) is 9.65. The topological polar surface area (TPSA) is 49.9 Å². The molecule has 1 aliphatic heterocycles. The van der Waals surface area contributed by atoms with Crippen molar-refractivity contribution >= 4 is 67.2 Å². The number of hydrogen-bond donors (Lipinski definition) is 1. The van der Waals surface area contributed by atoms with E-state index in [1.807, 2.05) is 17.4 Å². The van der Waals surface area contributed by atoms with Crippen LogP contribution in [0.5, 0.6) is 0 Å². The summed E-state index contributed by atoms with van der Waals surface area (Å²) in [5.74, 6) is 1.79. The van der Waals surface area contributed by atoms with E-state index in [-0.39, 0.29) is 6.17 Å². The fraction of sp³-hybridized carbons (Fsp3) is 0.111. The molecule has 3 heterocycles. The van der Waals surface area contributed by atoms with Crippen LogP contribution in [0.3, 0.4) is 0 Å². The number of allylic oxidation sites excluding steroid dienone is 3. The van der Waals surface area contributed by atoms with Crippen LogP contribution in [0.2, 0.25) is 0 Å². The number of amidine groups is 2. The number of furan rings is 1. The molecular weight excluding hydrogens is 631 g/mol. The van der Waals surface area contributed by atoms with Crippen LogP contribution in [0.1, 0.15) is 43.0 Å². The highest BCUT2D eigenvalue weighted by molar-refractivity contribution is 7.17. The molecule has 1 unspecified atom stereocenters. The smallest absolute Gasteiger partial charge is 0.169 e. The van der Waals surface area contributed by atoms with Crippen molar-refractivity contribution in [2.24, 2.45) is 9.98 Å². The quantitative estimate of drug-likeness (QED) is 0.199. The fourth-order valence-corrected chi connectivity index (χ4v) is 8.86. The molecule has 0 saturated heterocycles. The van der Waals surface area contributed by atoms with Crippen LogP contribution in [0.4, 0.5) is 0 Å². The highest BCUT2D eigenvalue weighted by atomic mass is 32.1. The first-order valence-electron chi connectivity index (χ1n) is 17.4. The first kappa shape index (κ1) is 29.2. The third-order valence-electron chi connectivity index (χ3n) is 10.1. The van der Waals surface area contributed by atoms with Gasteiger partial charge in [-0.3, -0.25) is 0 Å². The predicted molar refractivity (Wildman–Crippen MR) is 210 cm³/mol. The fourth-order valence-electron chi connectivity index (χ4n) is 7.57. The summed E-state index contributed by atoms with van der Waals surface area (Å²) in [7, 11) is 0. The summed E-state index contributed by atoms with van der Waals surface area (Å²) in [6.45, 7) is 0. The number of nitrogens with zero attached hydrogens (tertiary/aromatic N) is 2. The Morgan fingerprint density at radius 3 is 2.04 bits per heavy atom. The molecule has 2 aliphatic carbocycles. The van der Waals surface area contributed by atoms with E-state index in [4.69, 9.17) is 14.4 Å². The molecule has 4 nitrogen and oxygen atoms in total. The molecule has 7 aromatic rings. The molecule has 5 aromatic carbocycles. The number of para-hydroxylation sites is 2. The van der Waals surface area contributed by atoms with Crippen molar-refractivity contribution < 1.29 is 4.42 Å². The molecule has 1 N–H and O–H groups in total. The van der Waals surface area contributed by atoms with Crippen molar-refractivity contribution in [3.8, 4) is 22.3 Å². The Morgan fingerprint density at radius 1 is 0.620 bits per heavy atom. The largest absolute Gasteiger partial charge is 0.455 e. The molecule has 0 fully saturated rings. The maximum atomic E-state index is 6.71. The van der Waals surface area contributed by atoms with Gasteiger partial charge in [-0.05, 0) is 59.2 Å². The minimum Gasteiger partial charge on any atom is -0.455 e. The second kappa shape index (κ2) is 12.0. The molecule has 0 amide bonds. The summed E-state index contributed by atoms with van der Waals surface area (Å²) < 4.78 is 9.36. The zero-order chi connectivity index (χ0) is 33.0. The predicted octanol–water partition coefficient (Wildman–Crippen LogP) is 10.2. The first-order valence-corrected chi connectivity index (χ1v) is 18.2. The van der Waals surface area contributed by atoms with E-state index in [1.54, 1.807) is 0 Å². The SMILES string of the molecule is C1=CCCC(C2=NC(c3ccc(-c4cccc5c4oc4c(-c6ccccc6)cccc45)cc3)N=C(c3cccc4c5c(sc34)=CCCC=5)N2)=C1. The lowest BCUT2D eigenvalue weighted by Gasteiger charge is -2.24. The second-order valence-corrected chi connectivity index (χ2v) is 14.2. The van der Waals surface area contributed by atoms with Crippen LogP contribution in [0.15, 0.2) is 147 Å². The normalized spacial score (nSPS) is 17.0. The van der Waals surface area contributed by atoms with Crippen molar-refractivity contribution in [1.29, 1.82) is 0 Å². The number of rotatable bonds is 5. The van der Waals surface area contributed by atoms with E-state index in [0.717, 1.165) is 92.7 Å². The van der Waals surface area contributed by atoms with Gasteiger partial charge in [0.25, 0.3) is 0 Å². The number of benzene rings is 5. The highest BCUT2D eigenvalue weighted by Crippen LogP contribution is 2.40. The lowest BCUT2D eigenvalue weighted by atomic mass is 9.99. The Morgan fingerprint density at radius 2 is 1.30 bits per heavy atom. The molecule has 0 spiro atoms. The summed E-state index contributed by atoms with van der Waals surface area (Å²) in [6, 6.07) is 38.6. The van der Waals surface area contributed by atoms with Gasteiger partial charge in [0.1, 0.15) is 22.8 Å². The zero-order valence-electron chi connectivity index (χ0n) is 27.4. The average molecular weight is 664 g/mol. The maximum Gasteiger partial charge on any atom is 0.169 e.